The van der Waals surface area contributed by atoms with E-state index >= 15 is 0 Å². The second-order valence-electron chi connectivity index (χ2n) is 5.07. The first-order valence-corrected chi connectivity index (χ1v) is 7.90. The van der Waals surface area contributed by atoms with Crippen molar-refractivity contribution >= 4 is 29.1 Å². The Morgan fingerprint density at radius 1 is 1.29 bits per heavy atom. The van der Waals surface area contributed by atoms with Crippen LogP contribution in [0.4, 0.5) is 0 Å². The zero-order valence-corrected chi connectivity index (χ0v) is 13.8. The first-order chi connectivity index (χ1) is 10.0. The van der Waals surface area contributed by atoms with E-state index in [4.69, 9.17) is 27.9 Å². The fourth-order valence-corrected chi connectivity index (χ4v) is 2.69. The highest BCUT2D eigenvalue weighted by molar-refractivity contribution is 6.42. The van der Waals surface area contributed by atoms with Crippen LogP contribution in [0.5, 0.6) is 5.75 Å². The van der Waals surface area contributed by atoms with Crippen molar-refractivity contribution in [3.63, 3.8) is 0 Å². The molecule has 0 radical (unpaired) electrons. The molecule has 1 aromatic carbocycles. The Kier molecular flexibility index (Phi) is 5.73. The summed E-state index contributed by atoms with van der Waals surface area (Å²) >= 11 is 12.0. The van der Waals surface area contributed by atoms with Crippen LogP contribution in [0.3, 0.4) is 0 Å². The Balaban J connectivity index is 1.95. The fourth-order valence-electron chi connectivity index (χ4n) is 2.36. The van der Waals surface area contributed by atoms with Crippen LogP contribution in [0.2, 0.25) is 10.0 Å². The smallest absolute Gasteiger partial charge is 0.263 e. The highest BCUT2D eigenvalue weighted by Gasteiger charge is 2.26. The van der Waals surface area contributed by atoms with Gasteiger partial charge in [0.15, 0.2) is 6.10 Å². The number of amides is 1. The number of carbonyl (C=O) groups is 1. The minimum atomic E-state index is -0.575. The van der Waals surface area contributed by atoms with Crippen LogP contribution < -0.4 is 4.74 Å². The van der Waals surface area contributed by atoms with E-state index in [1.54, 1.807) is 25.1 Å². The Morgan fingerprint density at radius 3 is 2.57 bits per heavy atom. The van der Waals surface area contributed by atoms with Gasteiger partial charge in [0.2, 0.25) is 0 Å². The zero-order chi connectivity index (χ0) is 15.4. The summed E-state index contributed by atoms with van der Waals surface area (Å²) < 4.78 is 5.67. The minimum Gasteiger partial charge on any atom is -0.479 e. The number of ether oxygens (including phenoxy) is 1. The summed E-state index contributed by atoms with van der Waals surface area (Å²) in [6.45, 7) is 8.19. The quantitative estimate of drug-likeness (QED) is 0.850. The molecule has 0 saturated carbocycles. The lowest BCUT2D eigenvalue weighted by Gasteiger charge is -2.35. The summed E-state index contributed by atoms with van der Waals surface area (Å²) in [5, 5.41) is 0.764. The lowest BCUT2D eigenvalue weighted by molar-refractivity contribution is -0.139. The second kappa shape index (κ2) is 7.34. The molecule has 1 fully saturated rings. The summed E-state index contributed by atoms with van der Waals surface area (Å²) in [6, 6.07) is 5.15. The third kappa shape index (κ3) is 4.02. The molecule has 0 aliphatic carbocycles. The van der Waals surface area contributed by atoms with Gasteiger partial charge < -0.3 is 14.5 Å². The highest BCUT2D eigenvalue weighted by atomic mass is 35.5. The molecule has 0 aromatic heterocycles. The molecule has 4 nitrogen and oxygen atoms in total. The molecular formula is C15H20Cl2N2O2. The van der Waals surface area contributed by atoms with Crippen LogP contribution in [0, 0.1) is 0 Å². The predicted octanol–water partition coefficient (Wildman–Crippen LogP) is 2.92. The summed E-state index contributed by atoms with van der Waals surface area (Å²) in [7, 11) is 0. The number of likely N-dealkylation sites (N-methyl/N-ethyl adjacent to an activating group) is 1. The normalized spacial score (nSPS) is 17.6. The molecule has 0 spiro atoms. The summed E-state index contributed by atoms with van der Waals surface area (Å²) in [6.07, 6.45) is -0.575. The molecule has 1 heterocycles. The van der Waals surface area contributed by atoms with Gasteiger partial charge >= 0.3 is 0 Å². The van der Waals surface area contributed by atoms with E-state index in [2.05, 4.69) is 11.8 Å². The average Bonchev–Trinajstić information content (AvgIpc) is 2.51. The van der Waals surface area contributed by atoms with Crippen molar-refractivity contribution in [2.45, 2.75) is 20.0 Å². The van der Waals surface area contributed by atoms with Gasteiger partial charge in [-0.05, 0) is 25.6 Å². The molecule has 1 atom stereocenters. The second-order valence-corrected chi connectivity index (χ2v) is 5.86. The predicted molar refractivity (Wildman–Crippen MR) is 85.2 cm³/mol. The van der Waals surface area contributed by atoms with E-state index in [1.165, 1.54) is 0 Å². The molecule has 1 amide bonds. The van der Waals surface area contributed by atoms with Gasteiger partial charge in [-0.2, -0.15) is 0 Å². The molecule has 21 heavy (non-hydrogen) atoms. The molecule has 1 unspecified atom stereocenters. The standard InChI is InChI=1S/C15H20Cl2N2O2/c1-3-18-7-9-19(10-8-18)15(20)11(2)21-13-6-4-5-12(16)14(13)17/h4-6,11H,3,7-10H2,1-2H3. The monoisotopic (exact) mass is 330 g/mol. The van der Waals surface area contributed by atoms with Crippen molar-refractivity contribution in [3.05, 3.63) is 28.2 Å². The molecule has 1 aliphatic heterocycles. The van der Waals surface area contributed by atoms with E-state index in [0.717, 1.165) is 32.7 Å². The maximum atomic E-state index is 12.4. The van der Waals surface area contributed by atoms with Gasteiger partial charge in [0.05, 0.1) is 5.02 Å². The molecule has 116 valence electrons. The number of carbonyl (C=O) groups excluding carboxylic acids is 1. The van der Waals surface area contributed by atoms with E-state index in [0.29, 0.717) is 15.8 Å². The van der Waals surface area contributed by atoms with Crippen molar-refractivity contribution in [1.82, 2.24) is 9.80 Å². The van der Waals surface area contributed by atoms with Gasteiger partial charge in [0.1, 0.15) is 10.8 Å². The molecule has 6 heteroatoms. The summed E-state index contributed by atoms with van der Waals surface area (Å²) in [5.74, 6) is 0.430. The van der Waals surface area contributed by atoms with Crippen molar-refractivity contribution in [2.75, 3.05) is 32.7 Å². The Labute approximate surface area is 135 Å². The molecule has 0 bridgehead atoms. The van der Waals surface area contributed by atoms with Gasteiger partial charge in [-0.3, -0.25) is 4.79 Å². The molecule has 1 saturated heterocycles. The maximum Gasteiger partial charge on any atom is 0.263 e. The highest BCUT2D eigenvalue weighted by Crippen LogP contribution is 2.32. The van der Waals surface area contributed by atoms with Crippen molar-refractivity contribution in [1.29, 1.82) is 0 Å². The van der Waals surface area contributed by atoms with Gasteiger partial charge in [-0.15, -0.1) is 0 Å². The molecule has 1 aliphatic rings. The van der Waals surface area contributed by atoms with Crippen LogP contribution in [0.15, 0.2) is 18.2 Å². The number of nitrogens with zero attached hydrogens (tertiary/aromatic N) is 2. The Bertz CT molecular complexity index is 502. The number of benzene rings is 1. The lowest BCUT2D eigenvalue weighted by Crippen LogP contribution is -2.51. The number of halogens is 2. The van der Waals surface area contributed by atoms with Crippen LogP contribution in [0.1, 0.15) is 13.8 Å². The van der Waals surface area contributed by atoms with Gasteiger partial charge in [0, 0.05) is 26.2 Å². The van der Waals surface area contributed by atoms with E-state index in [9.17, 15) is 4.79 Å². The summed E-state index contributed by atoms with van der Waals surface area (Å²) in [5.41, 5.74) is 0. The van der Waals surface area contributed by atoms with Crippen LogP contribution in [0.25, 0.3) is 0 Å². The van der Waals surface area contributed by atoms with Gasteiger partial charge in [-0.1, -0.05) is 36.2 Å². The van der Waals surface area contributed by atoms with E-state index in [1.807, 2.05) is 4.90 Å². The first-order valence-electron chi connectivity index (χ1n) is 7.14. The summed E-state index contributed by atoms with van der Waals surface area (Å²) in [4.78, 5) is 16.6. The SMILES string of the molecule is CCN1CCN(C(=O)C(C)Oc2cccc(Cl)c2Cl)CC1. The van der Waals surface area contributed by atoms with E-state index < -0.39 is 6.10 Å². The molecular weight excluding hydrogens is 311 g/mol. The molecule has 0 N–H and O–H groups in total. The lowest BCUT2D eigenvalue weighted by atomic mass is 10.2. The minimum absolute atomic E-state index is 0.0122. The van der Waals surface area contributed by atoms with Crippen molar-refractivity contribution in [2.24, 2.45) is 0 Å². The van der Waals surface area contributed by atoms with Crippen LogP contribution in [-0.4, -0.2) is 54.5 Å². The van der Waals surface area contributed by atoms with Gasteiger partial charge in [0.25, 0.3) is 5.91 Å². The molecule has 1 aromatic rings. The van der Waals surface area contributed by atoms with Crippen LogP contribution >= 0.6 is 23.2 Å². The Morgan fingerprint density at radius 2 is 1.95 bits per heavy atom. The third-order valence-electron chi connectivity index (χ3n) is 3.70. The topological polar surface area (TPSA) is 32.8 Å². The van der Waals surface area contributed by atoms with Crippen molar-refractivity contribution in [3.8, 4) is 5.75 Å². The largest absolute Gasteiger partial charge is 0.479 e. The third-order valence-corrected chi connectivity index (χ3v) is 4.50. The van der Waals surface area contributed by atoms with Gasteiger partial charge in [-0.25, -0.2) is 0 Å². The van der Waals surface area contributed by atoms with Crippen molar-refractivity contribution < 1.29 is 9.53 Å². The van der Waals surface area contributed by atoms with E-state index in [-0.39, 0.29) is 5.91 Å². The number of piperazine rings is 1. The maximum absolute atomic E-state index is 12.4. The fraction of sp³-hybridized carbons (Fsp3) is 0.533. The van der Waals surface area contributed by atoms with Crippen LogP contribution in [-0.2, 0) is 4.79 Å². The molecule has 2 rings (SSSR count). The Hall–Kier alpha value is -0.970. The average molecular weight is 331 g/mol. The number of hydrogen-bond acceptors (Lipinski definition) is 3. The zero-order valence-electron chi connectivity index (χ0n) is 12.3. The number of rotatable bonds is 4. The number of hydrogen-bond donors (Lipinski definition) is 0. The first kappa shape index (κ1) is 16.4.